The highest BCUT2D eigenvalue weighted by Gasteiger charge is 2.10. The van der Waals surface area contributed by atoms with Crippen molar-refractivity contribution in [3.05, 3.63) is 38.8 Å². The van der Waals surface area contributed by atoms with E-state index in [0.717, 1.165) is 22.8 Å². The van der Waals surface area contributed by atoms with Crippen LogP contribution in [-0.2, 0) is 6.54 Å². The summed E-state index contributed by atoms with van der Waals surface area (Å²) < 4.78 is 6.36. The van der Waals surface area contributed by atoms with Gasteiger partial charge >= 0.3 is 4.87 Å². The lowest BCUT2D eigenvalue weighted by molar-refractivity contribution is 0.415. The molecule has 2 rings (SSSR count). The van der Waals surface area contributed by atoms with E-state index in [2.05, 4.69) is 4.99 Å². The van der Waals surface area contributed by atoms with E-state index in [-0.39, 0.29) is 10.8 Å². The number of aromatic nitrogens is 1. The first-order chi connectivity index (χ1) is 9.15. The molecule has 2 aromatic rings. The average Bonchev–Trinajstić information content (AvgIpc) is 2.71. The highest BCUT2D eigenvalue weighted by molar-refractivity contribution is 7.11. The topological polar surface area (TPSA) is 63.8 Å². The number of rotatable bonds is 4. The molecule has 1 aromatic heterocycles. The van der Waals surface area contributed by atoms with Crippen molar-refractivity contribution >= 4 is 23.2 Å². The molecular weight excluding hydrogens is 264 g/mol. The van der Waals surface area contributed by atoms with Gasteiger partial charge in [0.05, 0.1) is 19.0 Å². The highest BCUT2D eigenvalue weighted by Crippen LogP contribution is 2.21. The molecule has 0 aliphatic carbocycles. The Balaban J connectivity index is 2.24. The van der Waals surface area contributed by atoms with Crippen molar-refractivity contribution in [2.24, 2.45) is 4.99 Å². The molecule has 0 saturated heterocycles. The molecule has 0 bridgehead atoms. The summed E-state index contributed by atoms with van der Waals surface area (Å²) >= 11 is 0.976. The molecule has 5 nitrogen and oxygen atoms in total. The monoisotopic (exact) mass is 278 g/mol. The van der Waals surface area contributed by atoms with Gasteiger partial charge in [-0.1, -0.05) is 11.3 Å². The van der Waals surface area contributed by atoms with Crippen LogP contribution in [0.1, 0.15) is 11.8 Å². The zero-order valence-corrected chi connectivity index (χ0v) is 11.5. The lowest BCUT2D eigenvalue weighted by atomic mass is 10.3. The van der Waals surface area contributed by atoms with E-state index in [0.29, 0.717) is 11.4 Å². The molecule has 100 valence electrons. The Kier molecular flexibility index (Phi) is 4.01. The molecule has 0 radical (unpaired) electrons. The van der Waals surface area contributed by atoms with Crippen molar-refractivity contribution in [3.63, 3.8) is 0 Å². The van der Waals surface area contributed by atoms with Crippen molar-refractivity contribution in [1.82, 2.24) is 4.57 Å². The second-order valence-corrected chi connectivity index (χ2v) is 4.75. The first-order valence-corrected chi connectivity index (χ1v) is 6.58. The maximum atomic E-state index is 11.5. The standard InChI is InChI=1S/C13H14N2O3S/c1-3-15-12(16)11(19-13(15)17)8-14-9-4-6-10(18-2)7-5-9/h4-8,16H,3H2,1-2H3. The predicted octanol–water partition coefficient (Wildman–Crippen LogP) is 2.39. The minimum Gasteiger partial charge on any atom is -0.497 e. The fraction of sp³-hybridized carbons (Fsp3) is 0.231. The number of methoxy groups -OCH3 is 1. The third-order valence-corrected chi connectivity index (χ3v) is 3.52. The molecule has 0 saturated carbocycles. The molecule has 6 heteroatoms. The number of aliphatic imine (C=N–C) groups is 1. The molecule has 0 spiro atoms. The molecule has 0 fully saturated rings. The van der Waals surface area contributed by atoms with Crippen LogP contribution in [0.3, 0.4) is 0 Å². The van der Waals surface area contributed by atoms with Crippen LogP contribution in [0.15, 0.2) is 34.1 Å². The lowest BCUT2D eigenvalue weighted by Crippen LogP contribution is -2.09. The van der Waals surface area contributed by atoms with Gasteiger partial charge < -0.3 is 9.84 Å². The van der Waals surface area contributed by atoms with E-state index in [9.17, 15) is 9.90 Å². The maximum absolute atomic E-state index is 11.5. The number of aromatic hydroxyl groups is 1. The van der Waals surface area contributed by atoms with Gasteiger partial charge in [0, 0.05) is 6.54 Å². The number of thiazole rings is 1. The average molecular weight is 278 g/mol. The van der Waals surface area contributed by atoms with Crippen molar-refractivity contribution in [2.75, 3.05) is 7.11 Å². The zero-order chi connectivity index (χ0) is 13.8. The fourth-order valence-corrected chi connectivity index (χ4v) is 2.40. The summed E-state index contributed by atoms with van der Waals surface area (Å²) in [5.41, 5.74) is 0.726. The number of hydrogen-bond donors (Lipinski definition) is 1. The molecule has 0 atom stereocenters. The van der Waals surface area contributed by atoms with Crippen LogP contribution >= 0.6 is 11.3 Å². The van der Waals surface area contributed by atoms with Crippen molar-refractivity contribution in [2.45, 2.75) is 13.5 Å². The molecule has 1 aromatic carbocycles. The van der Waals surface area contributed by atoms with Crippen LogP contribution in [0.5, 0.6) is 11.6 Å². The van der Waals surface area contributed by atoms with Crippen LogP contribution in [0.4, 0.5) is 5.69 Å². The Morgan fingerprint density at radius 1 is 1.42 bits per heavy atom. The molecule has 0 amide bonds. The molecule has 0 aliphatic heterocycles. The second kappa shape index (κ2) is 5.71. The van der Waals surface area contributed by atoms with Gasteiger partial charge in [0.25, 0.3) is 0 Å². The Labute approximate surface area is 114 Å². The van der Waals surface area contributed by atoms with Gasteiger partial charge in [-0.25, -0.2) is 0 Å². The molecule has 0 unspecified atom stereocenters. The largest absolute Gasteiger partial charge is 0.497 e. The third kappa shape index (κ3) is 2.85. The first kappa shape index (κ1) is 13.4. The van der Waals surface area contributed by atoms with Crippen molar-refractivity contribution < 1.29 is 9.84 Å². The van der Waals surface area contributed by atoms with E-state index in [1.807, 2.05) is 0 Å². The fourth-order valence-electron chi connectivity index (χ4n) is 1.58. The van der Waals surface area contributed by atoms with Crippen molar-refractivity contribution in [1.29, 1.82) is 0 Å². The molecular formula is C13H14N2O3S. The number of nitrogens with zero attached hydrogens (tertiary/aromatic N) is 2. The zero-order valence-electron chi connectivity index (χ0n) is 10.7. The minimum absolute atomic E-state index is 0.0326. The van der Waals surface area contributed by atoms with Crippen LogP contribution < -0.4 is 9.61 Å². The van der Waals surface area contributed by atoms with E-state index < -0.39 is 0 Å². The van der Waals surface area contributed by atoms with Crippen LogP contribution in [0.2, 0.25) is 0 Å². The summed E-state index contributed by atoms with van der Waals surface area (Å²) in [5, 5.41) is 9.83. The smallest absolute Gasteiger partial charge is 0.310 e. The van der Waals surface area contributed by atoms with E-state index >= 15 is 0 Å². The Hall–Kier alpha value is -2.08. The molecule has 1 heterocycles. The molecule has 0 aliphatic rings. The normalized spacial score (nSPS) is 11.1. The van der Waals surface area contributed by atoms with Crippen LogP contribution in [0.25, 0.3) is 0 Å². The van der Waals surface area contributed by atoms with Gasteiger partial charge in [-0.15, -0.1) is 0 Å². The Bertz CT molecular complexity index is 641. The van der Waals surface area contributed by atoms with Crippen LogP contribution in [0, 0.1) is 0 Å². The maximum Gasteiger partial charge on any atom is 0.310 e. The van der Waals surface area contributed by atoms with Crippen LogP contribution in [-0.4, -0.2) is 23.0 Å². The minimum atomic E-state index is -0.184. The SMILES string of the molecule is CCn1c(O)c(C=Nc2ccc(OC)cc2)sc1=O. The number of hydrogen-bond acceptors (Lipinski definition) is 5. The third-order valence-electron chi connectivity index (χ3n) is 2.61. The molecule has 19 heavy (non-hydrogen) atoms. The predicted molar refractivity (Wildman–Crippen MR) is 76.2 cm³/mol. The number of ether oxygens (including phenoxy) is 1. The van der Waals surface area contributed by atoms with Crippen molar-refractivity contribution in [3.8, 4) is 11.6 Å². The summed E-state index contributed by atoms with van der Waals surface area (Å²) in [6.45, 7) is 2.25. The van der Waals surface area contributed by atoms with Gasteiger partial charge in [-0.3, -0.25) is 14.4 Å². The first-order valence-electron chi connectivity index (χ1n) is 5.76. The summed E-state index contributed by atoms with van der Waals surface area (Å²) in [7, 11) is 1.60. The second-order valence-electron chi connectivity index (χ2n) is 3.76. The summed E-state index contributed by atoms with van der Waals surface area (Å²) in [5.74, 6) is 0.721. The lowest BCUT2D eigenvalue weighted by Gasteiger charge is -1.99. The van der Waals surface area contributed by atoms with Gasteiger partial charge in [-0.2, -0.15) is 0 Å². The van der Waals surface area contributed by atoms with E-state index in [4.69, 9.17) is 4.74 Å². The van der Waals surface area contributed by atoms with Gasteiger partial charge in [0.15, 0.2) is 0 Å². The summed E-state index contributed by atoms with van der Waals surface area (Å²) in [6, 6.07) is 7.19. The summed E-state index contributed by atoms with van der Waals surface area (Å²) in [4.78, 5) is 16.0. The van der Waals surface area contributed by atoms with E-state index in [1.54, 1.807) is 38.3 Å². The number of benzene rings is 1. The summed E-state index contributed by atoms with van der Waals surface area (Å²) in [6.07, 6.45) is 1.50. The molecule has 1 N–H and O–H groups in total. The Morgan fingerprint density at radius 3 is 2.63 bits per heavy atom. The van der Waals surface area contributed by atoms with Gasteiger partial charge in [0.1, 0.15) is 10.6 Å². The van der Waals surface area contributed by atoms with E-state index in [1.165, 1.54) is 10.8 Å². The quantitative estimate of drug-likeness (QED) is 0.873. The van der Waals surface area contributed by atoms with Gasteiger partial charge in [0.2, 0.25) is 5.88 Å². The Morgan fingerprint density at radius 2 is 2.11 bits per heavy atom. The highest BCUT2D eigenvalue weighted by atomic mass is 32.1. The van der Waals surface area contributed by atoms with Gasteiger partial charge in [-0.05, 0) is 31.2 Å².